The molecule has 2 rings (SSSR count). The van der Waals surface area contributed by atoms with Crippen LogP contribution in [0.5, 0.6) is 5.88 Å². The summed E-state index contributed by atoms with van der Waals surface area (Å²) < 4.78 is 6.29. The predicted octanol–water partition coefficient (Wildman–Crippen LogP) is 2.30. The summed E-state index contributed by atoms with van der Waals surface area (Å²) in [6, 6.07) is 2.03. The molecule has 0 aliphatic heterocycles. The number of ether oxygens (including phenoxy) is 1. The summed E-state index contributed by atoms with van der Waals surface area (Å²) in [4.78, 5) is 9.12. The van der Waals surface area contributed by atoms with Gasteiger partial charge in [-0.05, 0) is 28.7 Å². The molecule has 0 saturated heterocycles. The Morgan fingerprint density at radius 2 is 2.33 bits per heavy atom. The molecule has 0 bridgehead atoms. The second-order valence-electron chi connectivity index (χ2n) is 2.15. The van der Waals surface area contributed by atoms with E-state index in [9.17, 15) is 0 Å². The smallest absolute Gasteiger partial charge is 0.225 e. The van der Waals surface area contributed by atoms with Crippen molar-refractivity contribution in [3.8, 4) is 5.88 Å². The highest BCUT2D eigenvalue weighted by Crippen LogP contribution is 2.29. The third-order valence-electron chi connectivity index (χ3n) is 1.46. The van der Waals surface area contributed by atoms with E-state index >= 15 is 0 Å². The fourth-order valence-corrected chi connectivity index (χ4v) is 2.62. The van der Waals surface area contributed by atoms with Gasteiger partial charge in [-0.25, -0.2) is 9.97 Å². The van der Waals surface area contributed by atoms with Crippen molar-refractivity contribution in [3.05, 3.63) is 15.3 Å². The Bertz CT molecular complexity index is 415. The molecular formula is C7H5IN2OS. The van der Waals surface area contributed by atoms with Crippen molar-refractivity contribution in [1.29, 1.82) is 0 Å². The fraction of sp³-hybridized carbons (Fsp3) is 0.143. The zero-order valence-corrected chi connectivity index (χ0v) is 9.22. The molecule has 0 atom stereocenters. The van der Waals surface area contributed by atoms with Crippen LogP contribution < -0.4 is 4.74 Å². The van der Waals surface area contributed by atoms with Crippen molar-refractivity contribution in [2.45, 2.75) is 0 Å². The number of fused-ring (bicyclic) bond motifs is 1. The molecule has 0 amide bonds. The van der Waals surface area contributed by atoms with Gasteiger partial charge in [0, 0.05) is 0 Å². The van der Waals surface area contributed by atoms with E-state index in [1.807, 2.05) is 6.07 Å². The third-order valence-corrected chi connectivity index (χ3v) is 3.26. The van der Waals surface area contributed by atoms with Crippen LogP contribution in [0, 0.1) is 2.88 Å². The number of thiophene rings is 1. The van der Waals surface area contributed by atoms with Crippen molar-refractivity contribution in [2.75, 3.05) is 7.11 Å². The molecule has 0 saturated carbocycles. The van der Waals surface area contributed by atoms with Crippen molar-refractivity contribution in [1.82, 2.24) is 9.97 Å². The van der Waals surface area contributed by atoms with E-state index in [1.54, 1.807) is 18.4 Å². The van der Waals surface area contributed by atoms with E-state index in [0.717, 1.165) is 10.2 Å². The topological polar surface area (TPSA) is 35.0 Å². The first-order valence-electron chi connectivity index (χ1n) is 3.25. The molecule has 0 unspecified atom stereocenters. The molecule has 0 aromatic carbocycles. The van der Waals surface area contributed by atoms with Gasteiger partial charge in [-0.2, -0.15) is 0 Å². The highest BCUT2D eigenvalue weighted by Gasteiger charge is 2.06. The normalized spacial score (nSPS) is 10.5. The third kappa shape index (κ3) is 1.27. The summed E-state index contributed by atoms with van der Waals surface area (Å²) in [6.07, 6.45) is 1.52. The van der Waals surface area contributed by atoms with E-state index in [4.69, 9.17) is 4.74 Å². The van der Waals surface area contributed by atoms with Crippen LogP contribution in [-0.2, 0) is 0 Å². The van der Waals surface area contributed by atoms with Gasteiger partial charge >= 0.3 is 0 Å². The van der Waals surface area contributed by atoms with Gasteiger partial charge in [-0.1, -0.05) is 0 Å². The lowest BCUT2D eigenvalue weighted by molar-refractivity contribution is 0.403. The van der Waals surface area contributed by atoms with Crippen LogP contribution >= 0.6 is 33.9 Å². The Balaban J connectivity index is 2.78. The maximum Gasteiger partial charge on any atom is 0.225 e. The Hall–Kier alpha value is -0.430. The molecule has 0 fully saturated rings. The first kappa shape index (κ1) is 8.18. The highest BCUT2D eigenvalue weighted by molar-refractivity contribution is 14.1. The summed E-state index contributed by atoms with van der Waals surface area (Å²) in [7, 11) is 1.62. The van der Waals surface area contributed by atoms with Crippen LogP contribution in [0.1, 0.15) is 0 Å². The molecule has 0 aliphatic carbocycles. The van der Waals surface area contributed by atoms with Gasteiger partial charge in [0.15, 0.2) is 0 Å². The Morgan fingerprint density at radius 1 is 1.50 bits per heavy atom. The maximum absolute atomic E-state index is 5.09. The highest BCUT2D eigenvalue weighted by atomic mass is 127. The lowest BCUT2D eigenvalue weighted by atomic mass is 10.4. The van der Waals surface area contributed by atoms with Crippen LogP contribution in [-0.4, -0.2) is 17.1 Å². The fourth-order valence-electron chi connectivity index (χ4n) is 0.967. The first-order chi connectivity index (χ1) is 5.81. The number of halogens is 1. The van der Waals surface area contributed by atoms with Crippen LogP contribution in [0.25, 0.3) is 10.2 Å². The first-order valence-corrected chi connectivity index (χ1v) is 5.15. The number of rotatable bonds is 1. The molecule has 2 aromatic heterocycles. The molecular weight excluding hydrogens is 287 g/mol. The monoisotopic (exact) mass is 292 g/mol. The van der Waals surface area contributed by atoms with E-state index in [1.165, 1.54) is 9.21 Å². The minimum absolute atomic E-state index is 0.652. The molecule has 0 N–H and O–H groups in total. The van der Waals surface area contributed by atoms with Crippen LogP contribution in [0.3, 0.4) is 0 Å². The van der Waals surface area contributed by atoms with Gasteiger partial charge in [-0.15, -0.1) is 11.3 Å². The zero-order chi connectivity index (χ0) is 8.55. The maximum atomic E-state index is 5.09. The van der Waals surface area contributed by atoms with E-state index in [2.05, 4.69) is 32.6 Å². The summed E-state index contributed by atoms with van der Waals surface area (Å²) in [5, 5.41) is 0.995. The van der Waals surface area contributed by atoms with Crippen LogP contribution in [0.15, 0.2) is 12.4 Å². The van der Waals surface area contributed by atoms with E-state index < -0.39 is 0 Å². The van der Waals surface area contributed by atoms with Gasteiger partial charge in [0.05, 0.1) is 15.4 Å². The average Bonchev–Trinajstić information content (AvgIpc) is 2.44. The van der Waals surface area contributed by atoms with Crippen molar-refractivity contribution in [3.63, 3.8) is 0 Å². The lowest BCUT2D eigenvalue weighted by Crippen LogP contribution is -1.87. The number of hydrogen-bond donors (Lipinski definition) is 0. The molecule has 3 nitrogen and oxygen atoms in total. The van der Waals surface area contributed by atoms with Crippen molar-refractivity contribution in [2.24, 2.45) is 0 Å². The number of hydrogen-bond acceptors (Lipinski definition) is 4. The number of nitrogens with zero attached hydrogens (tertiary/aromatic N) is 2. The molecule has 62 valence electrons. The standard InChI is InChI=1S/C7H5IN2OS/c1-11-6-4-2-5(8)12-7(4)10-3-9-6/h2-3H,1H3. The molecule has 5 heteroatoms. The van der Waals surface area contributed by atoms with Gasteiger partial charge in [-0.3, -0.25) is 0 Å². The summed E-state index contributed by atoms with van der Waals surface area (Å²) in [6.45, 7) is 0. The van der Waals surface area contributed by atoms with Gasteiger partial charge in [0.1, 0.15) is 11.2 Å². The predicted molar refractivity (Wildman–Crippen MR) is 56.7 cm³/mol. The molecule has 2 aromatic rings. The van der Waals surface area contributed by atoms with Gasteiger partial charge in [0.25, 0.3) is 0 Å². The van der Waals surface area contributed by atoms with Crippen LogP contribution in [0.4, 0.5) is 0 Å². The quantitative estimate of drug-likeness (QED) is 0.757. The van der Waals surface area contributed by atoms with Gasteiger partial charge in [0.2, 0.25) is 5.88 Å². The number of aromatic nitrogens is 2. The molecule has 12 heavy (non-hydrogen) atoms. The average molecular weight is 292 g/mol. The van der Waals surface area contributed by atoms with Crippen molar-refractivity contribution < 1.29 is 4.74 Å². The molecule has 0 aliphatic rings. The largest absolute Gasteiger partial charge is 0.480 e. The molecule has 0 radical (unpaired) electrons. The minimum atomic E-state index is 0.652. The summed E-state index contributed by atoms with van der Waals surface area (Å²) in [5.74, 6) is 0.652. The molecule has 2 heterocycles. The van der Waals surface area contributed by atoms with Crippen LogP contribution in [0.2, 0.25) is 0 Å². The second kappa shape index (κ2) is 3.14. The van der Waals surface area contributed by atoms with E-state index in [0.29, 0.717) is 5.88 Å². The lowest BCUT2D eigenvalue weighted by Gasteiger charge is -1.96. The Labute approximate surface area is 86.9 Å². The summed E-state index contributed by atoms with van der Waals surface area (Å²) in [5.41, 5.74) is 0. The SMILES string of the molecule is COc1ncnc2sc(I)cc12. The minimum Gasteiger partial charge on any atom is -0.480 e. The Morgan fingerprint density at radius 3 is 3.08 bits per heavy atom. The van der Waals surface area contributed by atoms with Gasteiger partial charge < -0.3 is 4.74 Å². The zero-order valence-electron chi connectivity index (χ0n) is 6.24. The van der Waals surface area contributed by atoms with Crippen molar-refractivity contribution >= 4 is 44.1 Å². The summed E-state index contributed by atoms with van der Waals surface area (Å²) >= 11 is 3.90. The molecule has 0 spiro atoms. The van der Waals surface area contributed by atoms with E-state index in [-0.39, 0.29) is 0 Å². The Kier molecular flexibility index (Phi) is 2.14. The number of methoxy groups -OCH3 is 1. The second-order valence-corrected chi connectivity index (χ2v) is 5.08.